The molecule has 1 amide bonds. The van der Waals surface area contributed by atoms with E-state index in [-0.39, 0.29) is 17.7 Å². The van der Waals surface area contributed by atoms with Crippen LogP contribution in [-0.4, -0.2) is 5.91 Å². The molecule has 3 aromatic rings. The molecular formula is C23H18INO. The maximum Gasteiger partial charge on any atom is 0.228 e. The fourth-order valence-electron chi connectivity index (χ4n) is 4.66. The van der Waals surface area contributed by atoms with Crippen LogP contribution in [0.4, 0.5) is 5.69 Å². The van der Waals surface area contributed by atoms with Gasteiger partial charge in [-0.05, 0) is 75.5 Å². The maximum atomic E-state index is 13.1. The van der Waals surface area contributed by atoms with E-state index in [2.05, 4.69) is 76.4 Å². The van der Waals surface area contributed by atoms with Crippen LogP contribution >= 0.6 is 22.6 Å². The van der Waals surface area contributed by atoms with Crippen molar-refractivity contribution in [2.75, 3.05) is 5.32 Å². The molecule has 3 aromatic carbocycles. The van der Waals surface area contributed by atoms with Gasteiger partial charge >= 0.3 is 0 Å². The normalized spacial score (nSPS) is 22.4. The van der Waals surface area contributed by atoms with E-state index in [1.807, 2.05) is 24.3 Å². The van der Waals surface area contributed by atoms with Crippen molar-refractivity contribution in [3.05, 3.63) is 98.6 Å². The molecule has 0 spiro atoms. The summed E-state index contributed by atoms with van der Waals surface area (Å²) in [6.45, 7) is 0. The van der Waals surface area contributed by atoms with Gasteiger partial charge in [-0.2, -0.15) is 0 Å². The fraction of sp³-hybridized carbons (Fsp3) is 0.174. The van der Waals surface area contributed by atoms with Crippen LogP contribution in [0.25, 0.3) is 0 Å². The minimum Gasteiger partial charge on any atom is -0.326 e. The van der Waals surface area contributed by atoms with Gasteiger partial charge in [-0.1, -0.05) is 48.5 Å². The Bertz CT molecular complexity index is 948. The van der Waals surface area contributed by atoms with Gasteiger partial charge in [0.15, 0.2) is 0 Å². The molecule has 0 radical (unpaired) electrons. The third kappa shape index (κ3) is 2.49. The van der Waals surface area contributed by atoms with E-state index in [1.54, 1.807) is 0 Å². The molecule has 3 aliphatic rings. The summed E-state index contributed by atoms with van der Waals surface area (Å²) in [4.78, 5) is 13.1. The standard InChI is InChI=1S/C23H18INO/c24-14-9-11-15(12-10-14)25-23(26)21-13-20-16-5-1-3-7-18(16)22(21)19-8-4-2-6-17(19)20/h1-12,20-22H,13H2,(H,25,26). The lowest BCUT2D eigenvalue weighted by molar-refractivity contribution is -0.121. The summed E-state index contributed by atoms with van der Waals surface area (Å²) in [6, 6.07) is 25.3. The number of anilines is 1. The van der Waals surface area contributed by atoms with Gasteiger partial charge in [0.25, 0.3) is 0 Å². The summed E-state index contributed by atoms with van der Waals surface area (Å²) in [6.07, 6.45) is 0.884. The highest BCUT2D eigenvalue weighted by atomic mass is 127. The molecule has 1 N–H and O–H groups in total. The molecular weight excluding hydrogens is 433 g/mol. The second kappa shape index (κ2) is 6.23. The van der Waals surface area contributed by atoms with Gasteiger partial charge in [0, 0.05) is 21.1 Å². The third-order valence-electron chi connectivity index (χ3n) is 5.75. The van der Waals surface area contributed by atoms with Crippen LogP contribution in [0, 0.1) is 9.49 Å². The number of rotatable bonds is 2. The van der Waals surface area contributed by atoms with Crippen molar-refractivity contribution in [3.63, 3.8) is 0 Å². The van der Waals surface area contributed by atoms with Crippen molar-refractivity contribution in [2.45, 2.75) is 18.3 Å². The Kier molecular flexibility index (Phi) is 3.85. The number of hydrogen-bond acceptors (Lipinski definition) is 1. The molecule has 3 aliphatic carbocycles. The molecule has 2 bridgehead atoms. The van der Waals surface area contributed by atoms with Gasteiger partial charge in [-0.3, -0.25) is 4.79 Å². The Hall–Kier alpha value is -2.14. The molecule has 128 valence electrons. The Balaban J connectivity index is 1.54. The molecule has 26 heavy (non-hydrogen) atoms. The Labute approximate surface area is 166 Å². The SMILES string of the molecule is O=C(Nc1ccc(I)cc1)C1CC2c3ccccc3C1c1ccccc12. The first-order chi connectivity index (χ1) is 12.7. The number of benzene rings is 3. The average Bonchev–Trinajstić information content (AvgIpc) is 2.69. The number of carbonyl (C=O) groups excluding carboxylic acids is 1. The molecule has 1 atom stereocenters. The monoisotopic (exact) mass is 451 g/mol. The Morgan fingerprint density at radius 3 is 1.92 bits per heavy atom. The third-order valence-corrected chi connectivity index (χ3v) is 6.47. The molecule has 6 rings (SSSR count). The minimum atomic E-state index is -0.0240. The van der Waals surface area contributed by atoms with Crippen molar-refractivity contribution < 1.29 is 4.79 Å². The molecule has 0 aromatic heterocycles. The first-order valence-electron chi connectivity index (χ1n) is 8.96. The van der Waals surface area contributed by atoms with Gasteiger partial charge in [-0.15, -0.1) is 0 Å². The largest absolute Gasteiger partial charge is 0.326 e. The lowest BCUT2D eigenvalue weighted by Crippen LogP contribution is -2.38. The molecule has 0 saturated carbocycles. The first kappa shape index (κ1) is 16.1. The van der Waals surface area contributed by atoms with Crippen molar-refractivity contribution in [1.82, 2.24) is 0 Å². The summed E-state index contributed by atoms with van der Waals surface area (Å²) in [5.41, 5.74) is 6.32. The van der Waals surface area contributed by atoms with E-state index in [9.17, 15) is 4.79 Å². The van der Waals surface area contributed by atoms with Gasteiger partial charge in [-0.25, -0.2) is 0 Å². The summed E-state index contributed by atoms with van der Waals surface area (Å²) in [7, 11) is 0. The zero-order valence-electron chi connectivity index (χ0n) is 14.2. The highest BCUT2D eigenvalue weighted by Gasteiger charge is 2.45. The fourth-order valence-corrected chi connectivity index (χ4v) is 5.02. The van der Waals surface area contributed by atoms with E-state index >= 15 is 0 Å². The summed E-state index contributed by atoms with van der Waals surface area (Å²) in [5, 5.41) is 3.14. The van der Waals surface area contributed by atoms with Crippen molar-refractivity contribution >= 4 is 34.2 Å². The summed E-state index contributed by atoms with van der Waals surface area (Å²) in [5.74, 6) is 0.574. The average molecular weight is 451 g/mol. The molecule has 0 heterocycles. The van der Waals surface area contributed by atoms with Crippen molar-refractivity contribution in [3.8, 4) is 0 Å². The molecule has 0 fully saturated rings. The number of amides is 1. The second-order valence-electron chi connectivity index (χ2n) is 7.13. The van der Waals surface area contributed by atoms with E-state index in [4.69, 9.17) is 0 Å². The lowest BCUT2D eigenvalue weighted by atomic mass is 9.59. The van der Waals surface area contributed by atoms with E-state index in [1.165, 1.54) is 25.8 Å². The van der Waals surface area contributed by atoms with Crippen molar-refractivity contribution in [1.29, 1.82) is 0 Å². The number of halogens is 1. The van der Waals surface area contributed by atoms with Crippen LogP contribution in [0.5, 0.6) is 0 Å². The molecule has 0 aliphatic heterocycles. The van der Waals surface area contributed by atoms with E-state index in [0.717, 1.165) is 12.1 Å². The van der Waals surface area contributed by atoms with Crippen LogP contribution in [0.1, 0.15) is 40.5 Å². The molecule has 1 unspecified atom stereocenters. The molecule has 3 heteroatoms. The van der Waals surface area contributed by atoms with Crippen LogP contribution in [0.2, 0.25) is 0 Å². The first-order valence-corrected chi connectivity index (χ1v) is 10.0. The van der Waals surface area contributed by atoms with Gasteiger partial charge in [0.1, 0.15) is 0 Å². The van der Waals surface area contributed by atoms with Crippen LogP contribution in [0.3, 0.4) is 0 Å². The summed E-state index contributed by atoms with van der Waals surface area (Å²) >= 11 is 2.28. The van der Waals surface area contributed by atoms with E-state index < -0.39 is 0 Å². The van der Waals surface area contributed by atoms with Crippen molar-refractivity contribution in [2.24, 2.45) is 5.92 Å². The topological polar surface area (TPSA) is 29.1 Å². The summed E-state index contributed by atoms with van der Waals surface area (Å²) < 4.78 is 1.17. The van der Waals surface area contributed by atoms with Crippen LogP contribution in [0.15, 0.2) is 72.8 Å². The number of nitrogens with one attached hydrogen (secondary N) is 1. The second-order valence-corrected chi connectivity index (χ2v) is 8.37. The Morgan fingerprint density at radius 1 is 0.808 bits per heavy atom. The smallest absolute Gasteiger partial charge is 0.228 e. The zero-order chi connectivity index (χ0) is 17.7. The quantitative estimate of drug-likeness (QED) is 0.511. The zero-order valence-corrected chi connectivity index (χ0v) is 16.3. The number of fused-ring (bicyclic) bond motifs is 1. The number of hydrogen-bond donors (Lipinski definition) is 1. The van der Waals surface area contributed by atoms with Crippen LogP contribution in [-0.2, 0) is 4.79 Å². The highest BCUT2D eigenvalue weighted by molar-refractivity contribution is 14.1. The molecule has 0 saturated heterocycles. The molecule has 2 nitrogen and oxygen atoms in total. The van der Waals surface area contributed by atoms with Gasteiger partial charge in [0.2, 0.25) is 5.91 Å². The van der Waals surface area contributed by atoms with Gasteiger partial charge < -0.3 is 5.32 Å². The predicted molar refractivity (Wildman–Crippen MR) is 112 cm³/mol. The highest BCUT2D eigenvalue weighted by Crippen LogP contribution is 2.55. The minimum absolute atomic E-state index is 0.0240. The van der Waals surface area contributed by atoms with Gasteiger partial charge in [0.05, 0.1) is 5.92 Å². The lowest BCUT2D eigenvalue weighted by Gasteiger charge is -2.44. The Morgan fingerprint density at radius 2 is 1.35 bits per heavy atom. The number of carbonyl (C=O) groups is 1. The van der Waals surface area contributed by atoms with Crippen LogP contribution < -0.4 is 5.32 Å². The maximum absolute atomic E-state index is 13.1. The van der Waals surface area contributed by atoms with E-state index in [0.29, 0.717) is 5.92 Å². The predicted octanol–water partition coefficient (Wildman–Crippen LogP) is 5.53.